The quantitative estimate of drug-likeness (QED) is 0.928. The van der Waals surface area contributed by atoms with Crippen molar-refractivity contribution in [1.29, 1.82) is 0 Å². The van der Waals surface area contributed by atoms with Gasteiger partial charge in [-0.1, -0.05) is 12.1 Å². The molecule has 0 bridgehead atoms. The molecule has 2 rings (SSSR count). The third kappa shape index (κ3) is 2.99. The normalized spacial score (nSPS) is 11.5. The van der Waals surface area contributed by atoms with Gasteiger partial charge in [-0.05, 0) is 12.1 Å². The molecule has 0 aliphatic heterocycles. The van der Waals surface area contributed by atoms with Gasteiger partial charge in [-0.25, -0.2) is 22.9 Å². The van der Waals surface area contributed by atoms with Gasteiger partial charge in [0.05, 0.1) is 0 Å². The average Bonchev–Trinajstić information content (AvgIpc) is 2.42. The number of hydrogen-bond acceptors (Lipinski definition) is 4. The molecular formula is C13H14F2N4O2. The largest absolute Gasteiger partial charge is 0.354 e. The predicted molar refractivity (Wildman–Crippen MR) is 74.0 cm³/mol. The number of benzene rings is 1. The highest BCUT2D eigenvalue weighted by atomic mass is 19.3. The Bertz CT molecular complexity index is 790. The average molecular weight is 296 g/mol. The molecule has 21 heavy (non-hydrogen) atoms. The SMILES string of the molecule is Cn1c(Nc2cccc(C(C)(F)F)c2)nc(=O)n(C)c1=O. The minimum atomic E-state index is -2.98. The Morgan fingerprint density at radius 3 is 2.48 bits per heavy atom. The molecule has 1 aromatic heterocycles. The van der Waals surface area contributed by atoms with Crippen LogP contribution in [-0.2, 0) is 20.0 Å². The molecule has 1 N–H and O–H groups in total. The monoisotopic (exact) mass is 296 g/mol. The van der Waals surface area contributed by atoms with Crippen molar-refractivity contribution in [2.24, 2.45) is 14.1 Å². The number of rotatable bonds is 3. The predicted octanol–water partition coefficient (Wildman–Crippen LogP) is 1.33. The van der Waals surface area contributed by atoms with Gasteiger partial charge in [-0.3, -0.25) is 4.57 Å². The lowest BCUT2D eigenvalue weighted by molar-refractivity contribution is 0.0175. The Morgan fingerprint density at radius 1 is 1.19 bits per heavy atom. The van der Waals surface area contributed by atoms with Crippen molar-refractivity contribution < 1.29 is 8.78 Å². The molecule has 0 atom stereocenters. The molecule has 0 unspecified atom stereocenters. The Labute approximate surface area is 118 Å². The molecule has 1 heterocycles. The van der Waals surface area contributed by atoms with Crippen molar-refractivity contribution in [2.45, 2.75) is 12.8 Å². The summed E-state index contributed by atoms with van der Waals surface area (Å²) in [5.41, 5.74) is -1.15. The Kier molecular flexibility index (Phi) is 3.63. The fourth-order valence-electron chi connectivity index (χ4n) is 1.75. The van der Waals surface area contributed by atoms with Gasteiger partial charge in [0.1, 0.15) is 0 Å². The molecule has 6 nitrogen and oxygen atoms in total. The molecule has 0 spiro atoms. The number of hydrogen-bond donors (Lipinski definition) is 1. The number of anilines is 2. The second-order valence-electron chi connectivity index (χ2n) is 4.71. The van der Waals surface area contributed by atoms with Crippen LogP contribution in [-0.4, -0.2) is 14.1 Å². The van der Waals surface area contributed by atoms with Gasteiger partial charge in [0.15, 0.2) is 0 Å². The maximum absolute atomic E-state index is 13.3. The lowest BCUT2D eigenvalue weighted by Crippen LogP contribution is -2.39. The van der Waals surface area contributed by atoms with E-state index in [0.717, 1.165) is 16.1 Å². The smallest absolute Gasteiger partial charge is 0.325 e. The van der Waals surface area contributed by atoms with E-state index in [-0.39, 0.29) is 11.5 Å². The Morgan fingerprint density at radius 2 is 1.86 bits per heavy atom. The summed E-state index contributed by atoms with van der Waals surface area (Å²) in [6.07, 6.45) is 0. The standard InChI is InChI=1S/C13H14F2N4O2/c1-13(14,15)8-5-4-6-9(7-8)16-10-17-11(20)19(3)12(21)18(10)2/h4-7H,1-3H3,(H,16,17,20). The van der Waals surface area contributed by atoms with Crippen molar-refractivity contribution in [3.8, 4) is 0 Å². The zero-order chi connectivity index (χ0) is 15.8. The second-order valence-corrected chi connectivity index (χ2v) is 4.71. The van der Waals surface area contributed by atoms with Crippen molar-refractivity contribution in [1.82, 2.24) is 14.1 Å². The second kappa shape index (κ2) is 5.12. The van der Waals surface area contributed by atoms with Gasteiger partial charge in [-0.15, -0.1) is 0 Å². The molecule has 1 aromatic carbocycles. The zero-order valence-corrected chi connectivity index (χ0v) is 11.7. The van der Waals surface area contributed by atoms with E-state index >= 15 is 0 Å². The third-order valence-electron chi connectivity index (χ3n) is 3.01. The van der Waals surface area contributed by atoms with Crippen molar-refractivity contribution >= 4 is 11.6 Å². The molecule has 2 aromatic rings. The lowest BCUT2D eigenvalue weighted by atomic mass is 10.1. The van der Waals surface area contributed by atoms with E-state index in [1.54, 1.807) is 6.07 Å². The highest BCUT2D eigenvalue weighted by Crippen LogP contribution is 2.29. The summed E-state index contributed by atoms with van der Waals surface area (Å²) >= 11 is 0. The van der Waals surface area contributed by atoms with Crippen LogP contribution < -0.4 is 16.7 Å². The Balaban J connectivity index is 2.45. The van der Waals surface area contributed by atoms with Gasteiger partial charge in [-0.2, -0.15) is 4.98 Å². The molecule has 0 saturated heterocycles. The van der Waals surface area contributed by atoms with Crippen LogP contribution >= 0.6 is 0 Å². The van der Waals surface area contributed by atoms with Crippen LogP contribution in [0.4, 0.5) is 20.4 Å². The summed E-state index contributed by atoms with van der Waals surface area (Å²) < 4.78 is 28.5. The number of nitrogens with zero attached hydrogens (tertiary/aromatic N) is 3. The lowest BCUT2D eigenvalue weighted by Gasteiger charge is -2.14. The molecule has 112 valence electrons. The highest BCUT2D eigenvalue weighted by Gasteiger charge is 2.24. The minimum absolute atomic E-state index is 0.0142. The number of halogens is 2. The van der Waals surface area contributed by atoms with Crippen molar-refractivity contribution in [3.63, 3.8) is 0 Å². The first-order valence-corrected chi connectivity index (χ1v) is 6.09. The number of alkyl halides is 2. The molecule has 0 radical (unpaired) electrons. The fourth-order valence-corrected chi connectivity index (χ4v) is 1.75. The van der Waals surface area contributed by atoms with Gasteiger partial charge in [0.25, 0.3) is 5.92 Å². The maximum Gasteiger partial charge on any atom is 0.354 e. The van der Waals surface area contributed by atoms with Gasteiger partial charge in [0.2, 0.25) is 5.95 Å². The summed E-state index contributed by atoms with van der Waals surface area (Å²) in [5, 5.41) is 2.70. The summed E-state index contributed by atoms with van der Waals surface area (Å²) in [4.78, 5) is 27.0. The number of nitrogens with one attached hydrogen (secondary N) is 1. The minimum Gasteiger partial charge on any atom is -0.325 e. The molecule has 0 aliphatic carbocycles. The highest BCUT2D eigenvalue weighted by molar-refractivity contribution is 5.54. The molecule has 0 fully saturated rings. The van der Waals surface area contributed by atoms with Crippen molar-refractivity contribution in [3.05, 3.63) is 50.8 Å². The van der Waals surface area contributed by atoms with Gasteiger partial charge >= 0.3 is 11.4 Å². The molecule has 8 heteroatoms. The summed E-state index contributed by atoms with van der Waals surface area (Å²) in [6.45, 7) is 0.790. The van der Waals surface area contributed by atoms with Crippen LogP contribution in [0.1, 0.15) is 12.5 Å². The van der Waals surface area contributed by atoms with E-state index in [2.05, 4.69) is 10.3 Å². The first-order valence-electron chi connectivity index (χ1n) is 6.09. The first kappa shape index (κ1) is 14.9. The first-order chi connectivity index (χ1) is 9.70. The van der Waals surface area contributed by atoms with Gasteiger partial charge in [0, 0.05) is 32.3 Å². The van der Waals surface area contributed by atoms with Crippen LogP contribution in [0.25, 0.3) is 0 Å². The summed E-state index contributed by atoms with van der Waals surface area (Å²) in [6, 6.07) is 5.53. The number of aromatic nitrogens is 3. The van der Waals surface area contributed by atoms with Crippen LogP contribution in [0, 0.1) is 0 Å². The van der Waals surface area contributed by atoms with Crippen LogP contribution in [0.5, 0.6) is 0 Å². The Hall–Kier alpha value is -2.51. The van der Waals surface area contributed by atoms with E-state index in [1.807, 2.05) is 0 Å². The zero-order valence-electron chi connectivity index (χ0n) is 11.7. The van der Waals surface area contributed by atoms with E-state index < -0.39 is 17.3 Å². The van der Waals surface area contributed by atoms with Crippen LogP contribution in [0.2, 0.25) is 0 Å². The van der Waals surface area contributed by atoms with Crippen molar-refractivity contribution in [2.75, 3.05) is 5.32 Å². The van der Waals surface area contributed by atoms with Crippen LogP contribution in [0.3, 0.4) is 0 Å². The summed E-state index contributed by atoms with van der Waals surface area (Å²) in [7, 11) is 2.73. The topological polar surface area (TPSA) is 68.9 Å². The molecule has 0 aliphatic rings. The summed E-state index contributed by atoms with van der Waals surface area (Å²) in [5.74, 6) is -3.00. The van der Waals surface area contributed by atoms with E-state index in [0.29, 0.717) is 5.69 Å². The van der Waals surface area contributed by atoms with E-state index in [1.165, 1.54) is 32.3 Å². The third-order valence-corrected chi connectivity index (χ3v) is 3.01. The van der Waals surface area contributed by atoms with E-state index in [4.69, 9.17) is 0 Å². The molecule has 0 saturated carbocycles. The molecule has 0 amide bonds. The van der Waals surface area contributed by atoms with Crippen LogP contribution in [0.15, 0.2) is 33.9 Å². The fraction of sp³-hybridized carbons (Fsp3) is 0.308. The maximum atomic E-state index is 13.3. The molecular weight excluding hydrogens is 282 g/mol. The van der Waals surface area contributed by atoms with E-state index in [9.17, 15) is 18.4 Å². The van der Waals surface area contributed by atoms with Gasteiger partial charge < -0.3 is 5.32 Å².